The van der Waals surface area contributed by atoms with Crippen LogP contribution in [0.4, 0.5) is 16.2 Å². The molecular weight excluding hydrogens is 1070 g/mol. The fourth-order valence-electron chi connectivity index (χ4n) is 10.2. The van der Waals surface area contributed by atoms with E-state index in [9.17, 15) is 29.4 Å². The second-order valence-electron chi connectivity index (χ2n) is 20.3. The maximum atomic E-state index is 17.1. The number of carbonyl (C=O) groups is 4. The smallest absolute Gasteiger partial charge is 0.246 e. The van der Waals surface area contributed by atoms with Crippen LogP contribution in [0.2, 0.25) is 5.02 Å². The number of likely N-dealkylation sites (N-methyl/N-ethyl adjacent to an activating group) is 1. The van der Waals surface area contributed by atoms with Gasteiger partial charge in [0.25, 0.3) is 0 Å². The fraction of sp³-hybridized carbons (Fsp3) is 0.379. The summed E-state index contributed by atoms with van der Waals surface area (Å²) < 4.78 is 34.8. The minimum Gasteiger partial charge on any atom is -0.508 e. The van der Waals surface area contributed by atoms with E-state index in [4.69, 9.17) is 30.6 Å². The first-order chi connectivity index (χ1) is 38.5. The van der Waals surface area contributed by atoms with Gasteiger partial charge in [0.15, 0.2) is 5.82 Å². The van der Waals surface area contributed by atoms with Gasteiger partial charge in [-0.25, -0.2) is 14.4 Å². The SMILES string of the molecule is C=CC(=O)N1CCN(c2nc(NCCC(=O)N(C)CCOCCOc3cc(-c4scnc4C)ccc3CNC(=O)C3CC(O)CN3C(=O)[C@H](c3cc(C)no3)C(C)C)nc3c(F)c(-c4cc(O)cc5ccccc45)c(Cl)cc23)CC1. The lowest BCUT2D eigenvalue weighted by atomic mass is 9.91. The predicted molar refractivity (Wildman–Crippen MR) is 304 cm³/mol. The van der Waals surface area contributed by atoms with Gasteiger partial charge in [-0.15, -0.1) is 11.3 Å². The summed E-state index contributed by atoms with van der Waals surface area (Å²) in [6, 6.07) is 18.5. The van der Waals surface area contributed by atoms with Crippen LogP contribution < -0.4 is 20.3 Å². The molecule has 19 nitrogen and oxygen atoms in total. The van der Waals surface area contributed by atoms with Crippen molar-refractivity contribution in [3.05, 3.63) is 118 Å². The number of likely N-dealkylation sites (tertiary alicyclic amines) is 1. The number of amides is 4. The van der Waals surface area contributed by atoms with E-state index < -0.39 is 29.8 Å². The third kappa shape index (κ3) is 12.7. The number of nitrogens with one attached hydrogen (secondary N) is 2. The second kappa shape index (κ2) is 25.2. The molecule has 5 heterocycles. The van der Waals surface area contributed by atoms with Gasteiger partial charge in [0.1, 0.15) is 47.2 Å². The zero-order valence-corrected chi connectivity index (χ0v) is 46.8. The van der Waals surface area contributed by atoms with Gasteiger partial charge in [0, 0.05) is 94.8 Å². The lowest BCUT2D eigenvalue weighted by Crippen LogP contribution is -2.48. The number of phenolic OH excluding ortho intramolecular Hbond substituents is 1. The lowest BCUT2D eigenvalue weighted by Gasteiger charge is -2.35. The number of thiazole rings is 1. The predicted octanol–water partition coefficient (Wildman–Crippen LogP) is 7.88. The van der Waals surface area contributed by atoms with Crippen LogP contribution in [0.25, 0.3) is 43.2 Å². The van der Waals surface area contributed by atoms with E-state index in [1.165, 1.54) is 28.4 Å². The number of piperazine rings is 1. The number of carbonyl (C=O) groups excluding carboxylic acids is 4. The highest BCUT2D eigenvalue weighted by Crippen LogP contribution is 2.43. The number of aliphatic hydroxyl groups is 1. The first-order valence-electron chi connectivity index (χ1n) is 26.5. The standard InChI is InChI=1S/C58H64ClFN10O9S/c1-7-48(73)68-16-18-69(19-17-68)55-43-29-44(59)51(42-27-39(71)25-36-10-8-9-11-41(36)42)52(60)53(43)64-58(65-55)61-15-14-49(74)67(6)20-21-77-22-23-78-46-26-37(54-35(5)63-32-80-54)12-13-38(46)30-62-56(75)45-28-40(72)31-70(45)57(76)50(33(2)3)47-24-34(4)66-79-47/h7-13,24-27,29,32-33,40,45,50,71-72H,1,14-23,28,30-31H2,2-6H3,(H,62,75)(H,61,64,65)/t40?,45?,50-/m0/s1. The normalized spacial score (nSPS) is 15.9. The molecule has 2 unspecified atom stereocenters. The molecule has 4 N–H and O–H groups in total. The molecule has 420 valence electrons. The molecular formula is C58H64ClFN10O9S. The van der Waals surface area contributed by atoms with Crippen molar-refractivity contribution in [1.29, 1.82) is 0 Å². The Hall–Kier alpha value is -7.72. The summed E-state index contributed by atoms with van der Waals surface area (Å²) in [6.45, 7) is 13.7. The molecule has 7 aromatic rings. The average molecular weight is 1130 g/mol. The van der Waals surface area contributed by atoms with Crippen LogP contribution in [-0.2, 0) is 30.5 Å². The molecule has 4 amide bonds. The molecule has 0 radical (unpaired) electrons. The Morgan fingerprint density at radius 3 is 2.52 bits per heavy atom. The summed E-state index contributed by atoms with van der Waals surface area (Å²) >= 11 is 8.41. The monoisotopic (exact) mass is 1130 g/mol. The van der Waals surface area contributed by atoms with E-state index in [0.29, 0.717) is 76.5 Å². The number of phenols is 1. The molecule has 2 aliphatic heterocycles. The Morgan fingerprint density at radius 2 is 1.80 bits per heavy atom. The summed E-state index contributed by atoms with van der Waals surface area (Å²) in [6.07, 6.45) is 0.536. The van der Waals surface area contributed by atoms with E-state index >= 15 is 4.39 Å². The molecule has 2 fully saturated rings. The quantitative estimate of drug-likeness (QED) is 0.0396. The number of β-amino-alcohol motifs (C(OH)–C–C–N with tert-alkyl or cyclic N) is 1. The highest BCUT2D eigenvalue weighted by atomic mass is 35.5. The van der Waals surface area contributed by atoms with Crippen molar-refractivity contribution in [2.75, 3.05) is 82.9 Å². The summed E-state index contributed by atoms with van der Waals surface area (Å²) in [5.41, 5.74) is 5.29. The third-order valence-electron chi connectivity index (χ3n) is 14.4. The highest BCUT2D eigenvalue weighted by Gasteiger charge is 2.43. The topological polar surface area (TPSA) is 229 Å². The summed E-state index contributed by atoms with van der Waals surface area (Å²) in [4.78, 5) is 75.1. The number of hydrogen-bond donors (Lipinski definition) is 4. The molecule has 3 atom stereocenters. The zero-order chi connectivity index (χ0) is 56.8. The van der Waals surface area contributed by atoms with Crippen LogP contribution in [0.1, 0.15) is 55.3 Å². The van der Waals surface area contributed by atoms with E-state index in [1.807, 2.05) is 68.1 Å². The number of ether oxygens (including phenoxy) is 2. The molecule has 4 aromatic carbocycles. The molecule has 2 saturated heterocycles. The minimum atomic E-state index is -0.899. The molecule has 9 rings (SSSR count). The Balaban J connectivity index is 0.811. The Labute approximate surface area is 471 Å². The largest absolute Gasteiger partial charge is 0.508 e. The number of aliphatic hydroxyl groups excluding tert-OH is 1. The van der Waals surface area contributed by atoms with Gasteiger partial charge in [0.05, 0.1) is 46.1 Å². The molecule has 80 heavy (non-hydrogen) atoms. The van der Waals surface area contributed by atoms with Crippen molar-refractivity contribution in [3.8, 4) is 33.1 Å². The van der Waals surface area contributed by atoms with Crippen LogP contribution in [0.3, 0.4) is 0 Å². The first kappa shape index (κ1) is 57.0. The molecule has 3 aromatic heterocycles. The number of benzene rings is 4. The van der Waals surface area contributed by atoms with Crippen molar-refractivity contribution < 1.29 is 47.8 Å². The van der Waals surface area contributed by atoms with Gasteiger partial charge in [-0.05, 0) is 72.0 Å². The summed E-state index contributed by atoms with van der Waals surface area (Å²) in [7, 11) is 1.67. The van der Waals surface area contributed by atoms with Crippen molar-refractivity contribution in [2.24, 2.45) is 5.92 Å². The van der Waals surface area contributed by atoms with E-state index in [2.05, 4.69) is 32.3 Å². The number of aryl methyl sites for hydroxylation is 2. The van der Waals surface area contributed by atoms with Crippen LogP contribution in [0, 0.1) is 25.6 Å². The van der Waals surface area contributed by atoms with E-state index in [1.54, 1.807) is 47.5 Å². The molecule has 0 saturated carbocycles. The number of rotatable bonds is 21. The Bertz CT molecular complexity index is 3440. The number of fused-ring (bicyclic) bond motifs is 2. The molecule has 22 heteroatoms. The van der Waals surface area contributed by atoms with E-state index in [0.717, 1.165) is 16.1 Å². The number of anilines is 2. The number of hydrogen-bond acceptors (Lipinski definition) is 16. The molecule has 0 spiro atoms. The fourth-order valence-corrected chi connectivity index (χ4v) is 11.3. The van der Waals surface area contributed by atoms with Gasteiger partial charge in [0.2, 0.25) is 29.6 Å². The van der Waals surface area contributed by atoms with Crippen LogP contribution in [0.5, 0.6) is 11.5 Å². The van der Waals surface area contributed by atoms with Crippen LogP contribution in [-0.4, -0.2) is 153 Å². The number of halogens is 2. The maximum Gasteiger partial charge on any atom is 0.246 e. The van der Waals surface area contributed by atoms with Gasteiger partial charge in [-0.2, -0.15) is 4.98 Å². The molecule has 0 bridgehead atoms. The van der Waals surface area contributed by atoms with Crippen molar-refractivity contribution in [2.45, 2.75) is 65.1 Å². The van der Waals surface area contributed by atoms with Crippen LogP contribution in [0.15, 0.2) is 89.4 Å². The first-order valence-corrected chi connectivity index (χ1v) is 27.7. The zero-order valence-electron chi connectivity index (χ0n) is 45.2. The molecule has 2 aliphatic rings. The van der Waals surface area contributed by atoms with Crippen molar-refractivity contribution in [3.63, 3.8) is 0 Å². The third-order valence-corrected chi connectivity index (χ3v) is 15.7. The lowest BCUT2D eigenvalue weighted by molar-refractivity contribution is -0.141. The van der Waals surface area contributed by atoms with Gasteiger partial charge in [-0.1, -0.05) is 73.6 Å². The molecule has 0 aliphatic carbocycles. The van der Waals surface area contributed by atoms with Crippen LogP contribution >= 0.6 is 22.9 Å². The van der Waals surface area contributed by atoms with Gasteiger partial charge < -0.3 is 54.4 Å². The van der Waals surface area contributed by atoms with Gasteiger partial charge in [-0.3, -0.25) is 19.2 Å². The maximum absolute atomic E-state index is 17.1. The Kier molecular flexibility index (Phi) is 17.9. The number of nitrogens with zero attached hydrogens (tertiary/aromatic N) is 8. The summed E-state index contributed by atoms with van der Waals surface area (Å²) in [5.74, 6) is -1.28. The highest BCUT2D eigenvalue weighted by molar-refractivity contribution is 7.13. The number of aromatic nitrogens is 4. The van der Waals surface area contributed by atoms with E-state index in [-0.39, 0.29) is 110 Å². The average Bonchev–Trinajstić information content (AvgIpc) is 4.32. The van der Waals surface area contributed by atoms with Crippen molar-refractivity contribution >= 4 is 80.0 Å². The van der Waals surface area contributed by atoms with Crippen molar-refractivity contribution in [1.82, 2.24) is 40.1 Å². The second-order valence-corrected chi connectivity index (χ2v) is 21.6. The summed E-state index contributed by atoms with van der Waals surface area (Å²) in [5, 5.41) is 33.3. The van der Waals surface area contributed by atoms with Gasteiger partial charge >= 0.3 is 0 Å². The number of aromatic hydroxyl groups is 1. The Morgan fingerprint density at radius 1 is 1.01 bits per heavy atom. The minimum absolute atomic E-state index is 0.0124.